The van der Waals surface area contributed by atoms with E-state index >= 15 is 0 Å². The van der Waals surface area contributed by atoms with Crippen LogP contribution in [0.2, 0.25) is 0 Å². The molecule has 0 aromatic heterocycles. The zero-order valence-corrected chi connectivity index (χ0v) is 12.4. The molecule has 0 radical (unpaired) electrons. The van der Waals surface area contributed by atoms with E-state index in [1.807, 2.05) is 23.5 Å². The zero-order valence-electron chi connectivity index (χ0n) is 10.8. The lowest BCUT2D eigenvalue weighted by molar-refractivity contribution is 0.489. The highest BCUT2D eigenvalue weighted by atomic mass is 32.2. The van der Waals surface area contributed by atoms with Gasteiger partial charge in [0.2, 0.25) is 0 Å². The van der Waals surface area contributed by atoms with E-state index < -0.39 is 0 Å². The van der Waals surface area contributed by atoms with Crippen LogP contribution in [0.15, 0.2) is 4.99 Å². The van der Waals surface area contributed by atoms with E-state index in [0.29, 0.717) is 0 Å². The lowest BCUT2D eigenvalue weighted by Crippen LogP contribution is -2.41. The van der Waals surface area contributed by atoms with E-state index in [4.69, 9.17) is 4.99 Å². The van der Waals surface area contributed by atoms with Gasteiger partial charge < -0.3 is 5.32 Å². The maximum absolute atomic E-state index is 4.70. The number of aliphatic imine (C=N–C) groups is 1. The molecule has 2 nitrogen and oxygen atoms in total. The van der Waals surface area contributed by atoms with Crippen molar-refractivity contribution in [2.75, 3.05) is 24.3 Å². The molecule has 1 aliphatic carbocycles. The maximum atomic E-state index is 4.70. The van der Waals surface area contributed by atoms with Crippen molar-refractivity contribution in [2.45, 2.75) is 44.6 Å². The topological polar surface area (TPSA) is 24.4 Å². The minimum absolute atomic E-state index is 0.742. The molecule has 0 aromatic carbocycles. The first-order chi connectivity index (χ1) is 8.40. The van der Waals surface area contributed by atoms with Gasteiger partial charge in [-0.2, -0.15) is 11.8 Å². The van der Waals surface area contributed by atoms with Gasteiger partial charge >= 0.3 is 0 Å². The van der Waals surface area contributed by atoms with Crippen molar-refractivity contribution in [3.63, 3.8) is 0 Å². The molecule has 2 atom stereocenters. The highest BCUT2D eigenvalue weighted by Gasteiger charge is 2.31. The van der Waals surface area contributed by atoms with Gasteiger partial charge in [-0.1, -0.05) is 24.6 Å². The van der Waals surface area contributed by atoms with E-state index in [0.717, 1.165) is 18.5 Å². The smallest absolute Gasteiger partial charge is 0.156 e. The van der Waals surface area contributed by atoms with Crippen LogP contribution in [0, 0.1) is 5.92 Å². The number of hydrogen-bond donors (Lipinski definition) is 1. The van der Waals surface area contributed by atoms with Crippen LogP contribution in [-0.4, -0.2) is 35.5 Å². The van der Waals surface area contributed by atoms with Gasteiger partial charge in [-0.25, -0.2) is 0 Å². The van der Waals surface area contributed by atoms with Crippen LogP contribution in [0.5, 0.6) is 0 Å². The van der Waals surface area contributed by atoms with Crippen molar-refractivity contribution >= 4 is 28.7 Å². The molecule has 1 N–H and O–H groups in total. The second-order valence-electron chi connectivity index (χ2n) is 4.99. The summed E-state index contributed by atoms with van der Waals surface area (Å²) in [7, 11) is 0. The van der Waals surface area contributed by atoms with Crippen LogP contribution in [0.4, 0.5) is 0 Å². The Kier molecular flexibility index (Phi) is 6.06. The summed E-state index contributed by atoms with van der Waals surface area (Å²) in [6.45, 7) is 1.01. The number of amidine groups is 1. The molecule has 1 heterocycles. The monoisotopic (exact) mass is 272 g/mol. The molecule has 0 bridgehead atoms. The van der Waals surface area contributed by atoms with Gasteiger partial charge in [-0.15, -0.1) is 0 Å². The number of thioether (sulfide) groups is 2. The predicted octanol–water partition coefficient (Wildman–Crippen LogP) is 3.38. The fraction of sp³-hybridized carbons (Fsp3) is 0.923. The Morgan fingerprint density at radius 1 is 1.35 bits per heavy atom. The quantitative estimate of drug-likeness (QED) is 0.750. The van der Waals surface area contributed by atoms with Crippen molar-refractivity contribution in [3.05, 3.63) is 0 Å². The molecular formula is C13H24N2S2. The summed E-state index contributed by atoms with van der Waals surface area (Å²) in [5.74, 6) is 3.51. The van der Waals surface area contributed by atoms with Crippen LogP contribution < -0.4 is 5.32 Å². The van der Waals surface area contributed by atoms with Crippen LogP contribution >= 0.6 is 23.5 Å². The third-order valence-corrected chi connectivity index (χ3v) is 5.48. The Morgan fingerprint density at radius 3 is 3.18 bits per heavy atom. The first kappa shape index (κ1) is 13.6. The molecule has 0 amide bonds. The molecule has 2 unspecified atom stereocenters. The first-order valence-electron chi connectivity index (χ1n) is 6.83. The third-order valence-electron chi connectivity index (χ3n) is 3.66. The van der Waals surface area contributed by atoms with Crippen molar-refractivity contribution in [2.24, 2.45) is 10.9 Å². The van der Waals surface area contributed by atoms with Crippen LogP contribution in [0.1, 0.15) is 38.5 Å². The highest BCUT2D eigenvalue weighted by Crippen LogP contribution is 2.32. The average molecular weight is 272 g/mol. The number of hydrogen-bond acceptors (Lipinski definition) is 3. The lowest BCUT2D eigenvalue weighted by Gasteiger charge is -2.28. The number of unbranched alkanes of at least 4 members (excludes halogenated alkanes) is 2. The van der Waals surface area contributed by atoms with Gasteiger partial charge in [0.15, 0.2) is 5.17 Å². The van der Waals surface area contributed by atoms with E-state index in [2.05, 4.69) is 11.6 Å². The minimum Gasteiger partial charge on any atom is -0.362 e. The molecule has 0 aromatic rings. The summed E-state index contributed by atoms with van der Waals surface area (Å²) < 4.78 is 0. The molecule has 0 spiro atoms. The third kappa shape index (κ3) is 4.40. The van der Waals surface area contributed by atoms with Gasteiger partial charge in [0.25, 0.3) is 0 Å². The largest absolute Gasteiger partial charge is 0.362 e. The second kappa shape index (κ2) is 7.57. The molecule has 17 heavy (non-hydrogen) atoms. The Bertz CT molecular complexity index is 256. The number of fused-ring (bicyclic) bond motifs is 1. The van der Waals surface area contributed by atoms with Gasteiger partial charge in [0, 0.05) is 18.3 Å². The van der Waals surface area contributed by atoms with Gasteiger partial charge in [0.1, 0.15) is 0 Å². The number of rotatable bonds is 6. The normalized spacial score (nSPS) is 30.3. The van der Waals surface area contributed by atoms with Crippen LogP contribution in [0.3, 0.4) is 0 Å². The summed E-state index contributed by atoms with van der Waals surface area (Å²) >= 11 is 3.89. The number of nitrogens with one attached hydrogen (secondary N) is 1. The lowest BCUT2D eigenvalue weighted by atomic mass is 10.1. The van der Waals surface area contributed by atoms with Gasteiger partial charge in [0.05, 0.1) is 0 Å². The second-order valence-corrected chi connectivity index (χ2v) is 6.99. The van der Waals surface area contributed by atoms with E-state index in [1.165, 1.54) is 55.2 Å². The van der Waals surface area contributed by atoms with Crippen molar-refractivity contribution < 1.29 is 0 Å². The average Bonchev–Trinajstić information content (AvgIpc) is 2.81. The van der Waals surface area contributed by atoms with Crippen LogP contribution in [0.25, 0.3) is 0 Å². The van der Waals surface area contributed by atoms with E-state index in [-0.39, 0.29) is 0 Å². The molecule has 1 saturated carbocycles. The Balaban J connectivity index is 1.61. The van der Waals surface area contributed by atoms with Gasteiger partial charge in [-0.05, 0) is 43.6 Å². The molecule has 98 valence electrons. The molecule has 2 rings (SSSR count). The van der Waals surface area contributed by atoms with E-state index in [1.54, 1.807) is 0 Å². The molecule has 4 heteroatoms. The fourth-order valence-electron chi connectivity index (χ4n) is 2.62. The molecule has 1 aliphatic heterocycles. The fourth-order valence-corrected chi connectivity index (χ4v) is 4.30. The Hall–Kier alpha value is 0.170. The summed E-state index contributed by atoms with van der Waals surface area (Å²) in [4.78, 5) is 4.70. The zero-order chi connectivity index (χ0) is 11.9. The molecule has 2 fully saturated rings. The summed E-state index contributed by atoms with van der Waals surface area (Å²) in [6.07, 6.45) is 10.3. The molecule has 2 aliphatic rings. The summed E-state index contributed by atoms with van der Waals surface area (Å²) in [6, 6.07) is 0.742. The SMILES string of the molecule is CSCCCCCN=C1NC2CCCC2CS1. The summed E-state index contributed by atoms with van der Waals surface area (Å²) in [5.41, 5.74) is 0. The minimum atomic E-state index is 0.742. The van der Waals surface area contributed by atoms with Crippen LogP contribution in [-0.2, 0) is 0 Å². The number of nitrogens with zero attached hydrogens (tertiary/aromatic N) is 1. The predicted molar refractivity (Wildman–Crippen MR) is 81.3 cm³/mol. The molecule has 1 saturated heterocycles. The first-order valence-corrected chi connectivity index (χ1v) is 9.21. The summed E-state index contributed by atoms with van der Waals surface area (Å²) in [5, 5.41) is 4.85. The molecular weight excluding hydrogens is 248 g/mol. The van der Waals surface area contributed by atoms with E-state index in [9.17, 15) is 0 Å². The van der Waals surface area contributed by atoms with Crippen molar-refractivity contribution in [3.8, 4) is 0 Å². The standard InChI is InChI=1S/C13H24N2S2/c1-16-9-4-2-3-8-14-13-15-12-7-5-6-11(12)10-17-13/h11-12H,2-10H2,1H3,(H,14,15). The van der Waals surface area contributed by atoms with Gasteiger partial charge in [-0.3, -0.25) is 4.99 Å². The Morgan fingerprint density at radius 2 is 2.29 bits per heavy atom. The highest BCUT2D eigenvalue weighted by molar-refractivity contribution is 8.13. The Labute approximate surface area is 114 Å². The van der Waals surface area contributed by atoms with Crippen molar-refractivity contribution in [1.82, 2.24) is 5.32 Å². The maximum Gasteiger partial charge on any atom is 0.156 e. The van der Waals surface area contributed by atoms with Crippen molar-refractivity contribution in [1.29, 1.82) is 0 Å².